The number of pyridine rings is 2. The highest BCUT2D eigenvalue weighted by Gasteiger charge is 2.16. The summed E-state index contributed by atoms with van der Waals surface area (Å²) in [6, 6.07) is 17.4. The van der Waals surface area contributed by atoms with Crippen molar-refractivity contribution in [1.82, 2.24) is 20.2 Å². The number of piperazine rings is 1. The van der Waals surface area contributed by atoms with E-state index < -0.39 is 0 Å². The lowest BCUT2D eigenvalue weighted by molar-refractivity contribution is 0.0952. The molecule has 0 bridgehead atoms. The van der Waals surface area contributed by atoms with Gasteiger partial charge in [-0.05, 0) is 42.9 Å². The Morgan fingerprint density at radius 2 is 1.91 bits per heavy atom. The van der Waals surface area contributed by atoms with Crippen molar-refractivity contribution in [1.29, 1.82) is 0 Å². The smallest absolute Gasteiger partial charge is 0.252 e. The number of nitrogens with one attached hydrogen (secondary N) is 1. The SMILES string of the molecule is CN1CCN(c2ccc(CNC(=O)c3cc(-c4ccc(Cl)s4)nc4ccccc34)cn2)CC1. The Morgan fingerprint density at radius 3 is 2.64 bits per heavy atom. The van der Waals surface area contributed by atoms with E-state index >= 15 is 0 Å². The van der Waals surface area contributed by atoms with E-state index in [1.807, 2.05) is 60.8 Å². The summed E-state index contributed by atoms with van der Waals surface area (Å²) in [5.74, 6) is 0.846. The lowest BCUT2D eigenvalue weighted by Crippen LogP contribution is -2.44. The van der Waals surface area contributed by atoms with Gasteiger partial charge >= 0.3 is 0 Å². The number of amides is 1. The highest BCUT2D eigenvalue weighted by Crippen LogP contribution is 2.32. The largest absolute Gasteiger partial charge is 0.354 e. The van der Waals surface area contributed by atoms with Crippen LogP contribution in [0.2, 0.25) is 4.34 Å². The Labute approximate surface area is 201 Å². The second-order valence-corrected chi connectivity index (χ2v) is 9.89. The van der Waals surface area contributed by atoms with Gasteiger partial charge in [-0.3, -0.25) is 4.79 Å². The van der Waals surface area contributed by atoms with E-state index in [1.54, 1.807) is 0 Å². The first-order valence-corrected chi connectivity index (χ1v) is 12.1. The molecule has 6 nitrogen and oxygen atoms in total. The molecule has 1 amide bonds. The van der Waals surface area contributed by atoms with Gasteiger partial charge in [0.2, 0.25) is 0 Å². The van der Waals surface area contributed by atoms with Gasteiger partial charge in [0, 0.05) is 44.3 Å². The zero-order valence-electron chi connectivity index (χ0n) is 18.3. The van der Waals surface area contributed by atoms with Gasteiger partial charge in [0.25, 0.3) is 5.91 Å². The van der Waals surface area contributed by atoms with Crippen LogP contribution in [-0.2, 0) is 6.54 Å². The summed E-state index contributed by atoms with van der Waals surface area (Å²) in [4.78, 5) is 28.1. The van der Waals surface area contributed by atoms with Crippen molar-refractivity contribution in [3.8, 4) is 10.6 Å². The molecule has 0 unspecified atom stereocenters. The van der Waals surface area contributed by atoms with Crippen molar-refractivity contribution in [2.45, 2.75) is 6.54 Å². The van der Waals surface area contributed by atoms with E-state index in [0.717, 1.165) is 59.0 Å². The van der Waals surface area contributed by atoms with Gasteiger partial charge < -0.3 is 15.1 Å². The average molecular weight is 478 g/mol. The fourth-order valence-corrected chi connectivity index (χ4v) is 4.97. The van der Waals surface area contributed by atoms with Crippen molar-refractivity contribution in [3.63, 3.8) is 0 Å². The van der Waals surface area contributed by atoms with Crippen LogP contribution in [0.4, 0.5) is 5.82 Å². The third-order valence-electron chi connectivity index (χ3n) is 5.88. The number of anilines is 1. The first kappa shape index (κ1) is 21.8. The normalized spacial score (nSPS) is 14.5. The predicted octanol–water partition coefficient (Wildman–Crippen LogP) is 4.69. The fourth-order valence-electron chi connectivity index (χ4n) is 3.96. The predicted molar refractivity (Wildman–Crippen MR) is 135 cm³/mol. The maximum atomic E-state index is 13.2. The second kappa shape index (κ2) is 9.47. The van der Waals surface area contributed by atoms with Crippen molar-refractivity contribution < 1.29 is 4.79 Å². The first-order chi connectivity index (χ1) is 16.1. The molecule has 3 aromatic heterocycles. The molecular formula is C25H24ClN5OS. The van der Waals surface area contributed by atoms with Crippen LogP contribution in [0, 0.1) is 0 Å². The van der Waals surface area contributed by atoms with Crippen LogP contribution in [0.5, 0.6) is 0 Å². The third-order valence-corrected chi connectivity index (χ3v) is 7.13. The molecule has 1 saturated heterocycles. The minimum atomic E-state index is -0.138. The number of halogens is 1. The lowest BCUT2D eigenvalue weighted by atomic mass is 10.1. The molecule has 1 N–H and O–H groups in total. The number of carbonyl (C=O) groups is 1. The van der Waals surface area contributed by atoms with Crippen LogP contribution in [0.15, 0.2) is 60.8 Å². The highest BCUT2D eigenvalue weighted by molar-refractivity contribution is 7.19. The molecule has 33 heavy (non-hydrogen) atoms. The van der Waals surface area contributed by atoms with Crippen LogP contribution in [0.25, 0.3) is 21.5 Å². The summed E-state index contributed by atoms with van der Waals surface area (Å²) in [6.45, 7) is 4.45. The number of thiophene rings is 1. The highest BCUT2D eigenvalue weighted by atomic mass is 35.5. The van der Waals surface area contributed by atoms with E-state index in [2.05, 4.69) is 27.1 Å². The Hall–Kier alpha value is -3.00. The van der Waals surface area contributed by atoms with Gasteiger partial charge in [0.1, 0.15) is 5.82 Å². The Balaban J connectivity index is 1.33. The monoisotopic (exact) mass is 477 g/mol. The molecular weight excluding hydrogens is 454 g/mol. The van der Waals surface area contributed by atoms with E-state index in [0.29, 0.717) is 16.4 Å². The molecule has 8 heteroatoms. The number of carbonyl (C=O) groups excluding carboxylic acids is 1. The topological polar surface area (TPSA) is 61.4 Å². The number of hydrogen-bond acceptors (Lipinski definition) is 6. The van der Waals surface area contributed by atoms with Crippen LogP contribution in [0.3, 0.4) is 0 Å². The molecule has 0 spiro atoms. The molecule has 1 aliphatic rings. The van der Waals surface area contributed by atoms with Crippen molar-refractivity contribution >= 4 is 45.6 Å². The van der Waals surface area contributed by atoms with Crippen molar-refractivity contribution in [2.24, 2.45) is 0 Å². The number of hydrogen-bond donors (Lipinski definition) is 1. The minimum absolute atomic E-state index is 0.138. The van der Waals surface area contributed by atoms with Crippen molar-refractivity contribution in [2.75, 3.05) is 38.1 Å². The third kappa shape index (κ3) is 4.85. The Bertz CT molecular complexity index is 1280. The molecule has 0 saturated carbocycles. The molecule has 0 atom stereocenters. The maximum absolute atomic E-state index is 13.2. The molecule has 0 aliphatic carbocycles. The number of nitrogens with zero attached hydrogens (tertiary/aromatic N) is 4. The number of para-hydroxylation sites is 1. The summed E-state index contributed by atoms with van der Waals surface area (Å²) in [5.41, 5.74) is 3.09. The summed E-state index contributed by atoms with van der Waals surface area (Å²) < 4.78 is 0.693. The quantitative estimate of drug-likeness (QED) is 0.451. The second-order valence-electron chi connectivity index (χ2n) is 8.17. The zero-order chi connectivity index (χ0) is 22.8. The summed E-state index contributed by atoms with van der Waals surface area (Å²) in [7, 11) is 2.14. The van der Waals surface area contributed by atoms with Gasteiger partial charge in [-0.1, -0.05) is 35.9 Å². The number of benzene rings is 1. The van der Waals surface area contributed by atoms with Crippen LogP contribution < -0.4 is 10.2 Å². The number of likely N-dealkylation sites (N-methyl/N-ethyl adjacent to an activating group) is 1. The molecule has 5 rings (SSSR count). The van der Waals surface area contributed by atoms with E-state index in [9.17, 15) is 4.79 Å². The van der Waals surface area contributed by atoms with Gasteiger partial charge in [0.15, 0.2) is 0 Å². The molecule has 1 aromatic carbocycles. The first-order valence-electron chi connectivity index (χ1n) is 10.9. The van der Waals surface area contributed by atoms with E-state index in [-0.39, 0.29) is 5.91 Å². The standard InChI is InChI=1S/C25H24ClN5OS/c1-30-10-12-31(13-11-30)24-9-6-17(15-27-24)16-28-25(32)19-14-21(22-7-8-23(26)33-22)29-20-5-3-2-4-18(19)20/h2-9,14-15H,10-13,16H2,1H3,(H,28,32). The Morgan fingerprint density at radius 1 is 1.09 bits per heavy atom. The molecule has 4 heterocycles. The molecule has 168 valence electrons. The molecule has 1 aliphatic heterocycles. The van der Waals surface area contributed by atoms with Gasteiger partial charge in [-0.2, -0.15) is 0 Å². The van der Waals surface area contributed by atoms with Gasteiger partial charge in [-0.15, -0.1) is 11.3 Å². The average Bonchev–Trinajstić information content (AvgIpc) is 3.29. The van der Waals surface area contributed by atoms with E-state index in [4.69, 9.17) is 16.6 Å². The summed E-state index contributed by atoms with van der Waals surface area (Å²) >= 11 is 7.57. The minimum Gasteiger partial charge on any atom is -0.354 e. The molecule has 4 aromatic rings. The van der Waals surface area contributed by atoms with E-state index in [1.165, 1.54) is 11.3 Å². The fraction of sp³-hybridized carbons (Fsp3) is 0.240. The summed E-state index contributed by atoms with van der Waals surface area (Å²) in [6.07, 6.45) is 1.84. The zero-order valence-corrected chi connectivity index (χ0v) is 19.9. The van der Waals surface area contributed by atoms with Gasteiger partial charge in [0.05, 0.1) is 26.0 Å². The van der Waals surface area contributed by atoms with Crippen molar-refractivity contribution in [3.05, 3.63) is 76.3 Å². The lowest BCUT2D eigenvalue weighted by Gasteiger charge is -2.33. The Kier molecular flexibility index (Phi) is 6.26. The van der Waals surface area contributed by atoms with Crippen LogP contribution in [-0.4, -0.2) is 54.0 Å². The van der Waals surface area contributed by atoms with Crippen LogP contribution in [0.1, 0.15) is 15.9 Å². The number of fused-ring (bicyclic) bond motifs is 1. The number of rotatable bonds is 5. The van der Waals surface area contributed by atoms with Crippen LogP contribution >= 0.6 is 22.9 Å². The molecule has 1 fully saturated rings. The number of aromatic nitrogens is 2. The summed E-state index contributed by atoms with van der Waals surface area (Å²) in [5, 5.41) is 3.87. The maximum Gasteiger partial charge on any atom is 0.252 e. The molecule has 0 radical (unpaired) electrons. The van der Waals surface area contributed by atoms with Gasteiger partial charge in [-0.25, -0.2) is 9.97 Å².